The van der Waals surface area contributed by atoms with Crippen molar-refractivity contribution >= 4 is 5.69 Å². The third-order valence-electron chi connectivity index (χ3n) is 3.82. The van der Waals surface area contributed by atoms with Gasteiger partial charge in [0.1, 0.15) is 5.75 Å². The van der Waals surface area contributed by atoms with Crippen LogP contribution in [0.15, 0.2) is 24.3 Å². The maximum Gasteiger partial charge on any atom is 0.119 e. The average molecular weight is 276 g/mol. The van der Waals surface area contributed by atoms with Gasteiger partial charge in [-0.15, -0.1) is 0 Å². The van der Waals surface area contributed by atoms with Crippen molar-refractivity contribution in [2.75, 3.05) is 25.0 Å². The molecule has 0 unspecified atom stereocenters. The number of ether oxygens (including phenoxy) is 1. The molecule has 112 valence electrons. The highest BCUT2D eigenvalue weighted by Gasteiger charge is 2.11. The molecular formula is C17H28N2O. The molecule has 1 aromatic carbocycles. The number of anilines is 1. The summed E-state index contributed by atoms with van der Waals surface area (Å²) < 4.78 is 5.57. The van der Waals surface area contributed by atoms with Crippen LogP contribution in [0.1, 0.15) is 45.4 Å². The van der Waals surface area contributed by atoms with Crippen molar-refractivity contribution < 1.29 is 4.74 Å². The summed E-state index contributed by atoms with van der Waals surface area (Å²) in [4.78, 5) is 0. The molecule has 2 rings (SSSR count). The number of benzene rings is 1. The molecule has 1 aliphatic rings. The zero-order valence-electron chi connectivity index (χ0n) is 12.7. The van der Waals surface area contributed by atoms with Crippen LogP contribution in [0, 0.1) is 0 Å². The Morgan fingerprint density at radius 3 is 2.50 bits per heavy atom. The van der Waals surface area contributed by atoms with Gasteiger partial charge in [-0.25, -0.2) is 0 Å². The van der Waals surface area contributed by atoms with E-state index in [2.05, 4.69) is 29.7 Å². The van der Waals surface area contributed by atoms with Crippen molar-refractivity contribution in [3.63, 3.8) is 0 Å². The molecule has 3 nitrogen and oxygen atoms in total. The van der Waals surface area contributed by atoms with Gasteiger partial charge in [0.05, 0.1) is 6.61 Å². The number of rotatable bonds is 8. The molecule has 0 atom stereocenters. The van der Waals surface area contributed by atoms with Gasteiger partial charge in [-0.3, -0.25) is 0 Å². The van der Waals surface area contributed by atoms with Gasteiger partial charge in [0.15, 0.2) is 0 Å². The van der Waals surface area contributed by atoms with E-state index in [0.717, 1.165) is 37.9 Å². The molecule has 1 saturated carbocycles. The van der Waals surface area contributed by atoms with Crippen LogP contribution in [-0.2, 0) is 0 Å². The third kappa shape index (κ3) is 5.41. The monoisotopic (exact) mass is 276 g/mol. The van der Waals surface area contributed by atoms with Crippen LogP contribution >= 0.6 is 0 Å². The number of hydrogen-bond donors (Lipinski definition) is 2. The Morgan fingerprint density at radius 1 is 1.05 bits per heavy atom. The largest absolute Gasteiger partial charge is 0.494 e. The minimum absolute atomic E-state index is 0.746. The molecule has 3 heteroatoms. The summed E-state index contributed by atoms with van der Waals surface area (Å²) in [7, 11) is 0. The molecule has 0 saturated heterocycles. The average Bonchev–Trinajstić information content (AvgIpc) is 2.52. The Hall–Kier alpha value is -1.22. The van der Waals surface area contributed by atoms with E-state index < -0.39 is 0 Å². The van der Waals surface area contributed by atoms with Crippen LogP contribution < -0.4 is 15.4 Å². The summed E-state index contributed by atoms with van der Waals surface area (Å²) in [6.45, 7) is 4.93. The molecular weight excluding hydrogens is 248 g/mol. The van der Waals surface area contributed by atoms with Crippen LogP contribution in [-0.4, -0.2) is 25.7 Å². The summed E-state index contributed by atoms with van der Waals surface area (Å²) in [6, 6.07) is 8.99. The van der Waals surface area contributed by atoms with Gasteiger partial charge in [0.25, 0.3) is 0 Å². The lowest BCUT2D eigenvalue weighted by molar-refractivity contribution is 0.317. The first kappa shape index (κ1) is 15.2. The number of nitrogens with one attached hydrogen (secondary N) is 2. The molecule has 0 spiro atoms. The van der Waals surface area contributed by atoms with Gasteiger partial charge >= 0.3 is 0 Å². The second-order valence-electron chi connectivity index (χ2n) is 5.59. The summed E-state index contributed by atoms with van der Waals surface area (Å²) in [5.74, 6) is 0.956. The van der Waals surface area contributed by atoms with Crippen LogP contribution in [0.5, 0.6) is 5.75 Å². The molecule has 0 amide bonds. The summed E-state index contributed by atoms with van der Waals surface area (Å²) in [6.07, 6.45) is 7.96. The highest BCUT2D eigenvalue weighted by Crippen LogP contribution is 2.17. The summed E-state index contributed by atoms with van der Waals surface area (Å²) >= 11 is 0. The predicted molar refractivity (Wildman–Crippen MR) is 85.6 cm³/mol. The highest BCUT2D eigenvalue weighted by atomic mass is 16.5. The van der Waals surface area contributed by atoms with Gasteiger partial charge in [-0.05, 0) is 43.5 Å². The summed E-state index contributed by atoms with van der Waals surface area (Å²) in [5, 5.41) is 7.09. The first-order valence-electron chi connectivity index (χ1n) is 8.08. The quantitative estimate of drug-likeness (QED) is 0.708. The van der Waals surface area contributed by atoms with E-state index in [1.807, 2.05) is 12.1 Å². The van der Waals surface area contributed by atoms with Gasteiger partial charge < -0.3 is 15.4 Å². The minimum atomic E-state index is 0.746. The number of hydrogen-bond acceptors (Lipinski definition) is 3. The molecule has 0 heterocycles. The standard InChI is InChI=1S/C17H28N2O/c1-2-14-20-17-10-8-16(9-11-17)19-13-12-18-15-6-4-3-5-7-15/h8-11,15,18-19H,2-7,12-14H2,1H3. The van der Waals surface area contributed by atoms with E-state index in [1.54, 1.807) is 0 Å². The Balaban J connectivity index is 1.61. The van der Waals surface area contributed by atoms with Gasteiger partial charge in [0.2, 0.25) is 0 Å². The fraction of sp³-hybridized carbons (Fsp3) is 0.647. The van der Waals surface area contributed by atoms with Crippen LogP contribution in [0.25, 0.3) is 0 Å². The fourth-order valence-corrected chi connectivity index (χ4v) is 2.68. The van der Waals surface area contributed by atoms with Crippen molar-refractivity contribution in [3.05, 3.63) is 24.3 Å². The van der Waals surface area contributed by atoms with Crippen molar-refractivity contribution in [3.8, 4) is 5.75 Å². The van der Waals surface area contributed by atoms with Crippen LogP contribution in [0.3, 0.4) is 0 Å². The van der Waals surface area contributed by atoms with Gasteiger partial charge in [0, 0.05) is 24.8 Å². The Morgan fingerprint density at radius 2 is 1.80 bits per heavy atom. The smallest absolute Gasteiger partial charge is 0.119 e. The van der Waals surface area contributed by atoms with E-state index in [1.165, 1.54) is 37.8 Å². The van der Waals surface area contributed by atoms with Crippen LogP contribution in [0.2, 0.25) is 0 Å². The fourth-order valence-electron chi connectivity index (χ4n) is 2.68. The Labute approximate surface area is 123 Å². The molecule has 2 N–H and O–H groups in total. The van der Waals surface area contributed by atoms with E-state index in [4.69, 9.17) is 4.74 Å². The lowest BCUT2D eigenvalue weighted by Crippen LogP contribution is -2.34. The lowest BCUT2D eigenvalue weighted by atomic mass is 9.95. The maximum atomic E-state index is 5.57. The molecule has 0 bridgehead atoms. The first-order valence-corrected chi connectivity index (χ1v) is 8.08. The normalized spacial score (nSPS) is 16.1. The molecule has 1 aliphatic carbocycles. The molecule has 20 heavy (non-hydrogen) atoms. The predicted octanol–water partition coefficient (Wildman–Crippen LogP) is 3.81. The van der Waals surface area contributed by atoms with Crippen molar-refractivity contribution in [2.24, 2.45) is 0 Å². The van der Waals surface area contributed by atoms with Crippen molar-refractivity contribution in [1.82, 2.24) is 5.32 Å². The van der Waals surface area contributed by atoms with E-state index >= 15 is 0 Å². The maximum absolute atomic E-state index is 5.57. The molecule has 1 fully saturated rings. The molecule has 0 aromatic heterocycles. The summed E-state index contributed by atoms with van der Waals surface area (Å²) in [5.41, 5.74) is 1.17. The van der Waals surface area contributed by atoms with Crippen LogP contribution in [0.4, 0.5) is 5.69 Å². The molecule has 1 aromatic rings. The first-order chi connectivity index (χ1) is 9.88. The van der Waals surface area contributed by atoms with E-state index in [9.17, 15) is 0 Å². The second-order valence-corrected chi connectivity index (χ2v) is 5.59. The molecule has 0 radical (unpaired) electrons. The van der Waals surface area contributed by atoms with Gasteiger partial charge in [-0.2, -0.15) is 0 Å². The Bertz CT molecular complexity index is 358. The third-order valence-corrected chi connectivity index (χ3v) is 3.82. The minimum Gasteiger partial charge on any atom is -0.494 e. The SMILES string of the molecule is CCCOc1ccc(NCCNC2CCCCC2)cc1. The topological polar surface area (TPSA) is 33.3 Å². The van der Waals surface area contributed by atoms with E-state index in [0.29, 0.717) is 0 Å². The Kier molecular flexibility index (Phi) is 6.72. The van der Waals surface area contributed by atoms with Crippen molar-refractivity contribution in [1.29, 1.82) is 0 Å². The lowest BCUT2D eigenvalue weighted by Gasteiger charge is -2.23. The van der Waals surface area contributed by atoms with Crippen molar-refractivity contribution in [2.45, 2.75) is 51.5 Å². The zero-order valence-corrected chi connectivity index (χ0v) is 12.7. The zero-order chi connectivity index (χ0) is 14.0. The highest BCUT2D eigenvalue weighted by molar-refractivity contribution is 5.46. The second kappa shape index (κ2) is 8.85. The molecule has 0 aliphatic heterocycles. The van der Waals surface area contributed by atoms with Gasteiger partial charge in [-0.1, -0.05) is 26.2 Å². The van der Waals surface area contributed by atoms with E-state index in [-0.39, 0.29) is 0 Å².